The van der Waals surface area contributed by atoms with E-state index in [0.29, 0.717) is 12.8 Å². The molecule has 6 nitrogen and oxygen atoms in total. The molecule has 0 aromatic heterocycles. The van der Waals surface area contributed by atoms with Crippen molar-refractivity contribution in [1.29, 1.82) is 0 Å². The average molecular weight is 467 g/mol. The van der Waals surface area contributed by atoms with Crippen LogP contribution in [0.5, 0.6) is 0 Å². The monoisotopic (exact) mass is 466 g/mol. The van der Waals surface area contributed by atoms with Crippen LogP contribution < -0.4 is 0 Å². The molecule has 4 fully saturated rings. The van der Waals surface area contributed by atoms with E-state index in [9.17, 15) is 15.0 Å². The summed E-state index contributed by atoms with van der Waals surface area (Å²) in [5.41, 5.74) is -3.54. The minimum Gasteiger partial charge on any atom is -0.466 e. The van der Waals surface area contributed by atoms with Crippen molar-refractivity contribution in [1.82, 2.24) is 0 Å². The van der Waals surface area contributed by atoms with Crippen molar-refractivity contribution in [2.75, 3.05) is 7.11 Å². The van der Waals surface area contributed by atoms with Crippen LogP contribution in [0.25, 0.3) is 0 Å². The number of aliphatic hydroxyl groups is 2. The number of epoxide rings is 1. The van der Waals surface area contributed by atoms with E-state index in [1.54, 1.807) is 0 Å². The van der Waals surface area contributed by atoms with Crippen molar-refractivity contribution in [3.8, 4) is 0 Å². The fraction of sp³-hybridized carbons (Fsp3) is 0.880. The molecule has 4 rings (SSSR count). The molecule has 0 aromatic rings. The molecule has 0 unspecified atom stereocenters. The predicted octanol–water partition coefficient (Wildman–Crippen LogP) is 4.24. The number of esters is 1. The number of rotatable bonds is 4. The first kappa shape index (κ1) is 24.4. The van der Waals surface area contributed by atoms with Gasteiger partial charge in [0.15, 0.2) is 8.32 Å². The van der Waals surface area contributed by atoms with Crippen LogP contribution >= 0.6 is 0 Å². The summed E-state index contributed by atoms with van der Waals surface area (Å²) in [6.45, 7) is 13.7. The number of methoxy groups -OCH3 is 1. The largest absolute Gasteiger partial charge is 0.466 e. The van der Waals surface area contributed by atoms with Gasteiger partial charge in [-0.1, -0.05) is 27.7 Å². The van der Waals surface area contributed by atoms with E-state index in [1.807, 2.05) is 0 Å². The van der Waals surface area contributed by atoms with Gasteiger partial charge in [-0.25, -0.2) is 4.79 Å². The number of carbonyl (C=O) groups excluding carboxylic acids is 1. The Morgan fingerprint density at radius 2 is 1.78 bits per heavy atom. The van der Waals surface area contributed by atoms with Crippen LogP contribution in [0.15, 0.2) is 12.2 Å². The second-order valence-corrected chi connectivity index (χ2v) is 17.4. The molecule has 3 saturated carbocycles. The normalized spacial score (nSPS) is 46.2. The zero-order valence-corrected chi connectivity index (χ0v) is 21.9. The van der Waals surface area contributed by atoms with Crippen LogP contribution in [0, 0.1) is 5.41 Å². The summed E-state index contributed by atoms with van der Waals surface area (Å²) in [7, 11) is -0.623. The van der Waals surface area contributed by atoms with E-state index in [1.165, 1.54) is 19.3 Å². The van der Waals surface area contributed by atoms with Gasteiger partial charge in [0.1, 0.15) is 11.2 Å². The Bertz CT molecular complexity index is 820. The minimum absolute atomic E-state index is 0.133. The summed E-state index contributed by atoms with van der Waals surface area (Å²) in [6, 6.07) is 0. The van der Waals surface area contributed by atoms with Gasteiger partial charge in [0.05, 0.1) is 24.4 Å². The molecule has 0 bridgehead atoms. The van der Waals surface area contributed by atoms with E-state index in [4.69, 9.17) is 9.16 Å². The topological polar surface area (TPSA) is 88.5 Å². The van der Waals surface area contributed by atoms with Gasteiger partial charge >= 0.3 is 5.97 Å². The minimum atomic E-state index is -1.94. The van der Waals surface area contributed by atoms with Crippen molar-refractivity contribution >= 4 is 14.3 Å². The van der Waals surface area contributed by atoms with E-state index < -0.39 is 36.7 Å². The lowest BCUT2D eigenvalue weighted by Crippen LogP contribution is -2.61. The maximum absolute atomic E-state index is 12.0. The first-order chi connectivity index (χ1) is 14.6. The van der Waals surface area contributed by atoms with E-state index in [0.717, 1.165) is 32.1 Å². The molecule has 7 heteroatoms. The van der Waals surface area contributed by atoms with Gasteiger partial charge in [-0.15, -0.1) is 0 Å². The summed E-state index contributed by atoms with van der Waals surface area (Å²) < 4.78 is 18.3. The van der Waals surface area contributed by atoms with Crippen molar-refractivity contribution in [3.05, 3.63) is 12.2 Å². The van der Waals surface area contributed by atoms with Gasteiger partial charge in [-0.3, -0.25) is 0 Å². The second kappa shape index (κ2) is 7.14. The highest BCUT2D eigenvalue weighted by molar-refractivity contribution is 6.74. The summed E-state index contributed by atoms with van der Waals surface area (Å²) in [6.07, 6.45) is 8.26. The molecule has 1 aliphatic heterocycles. The molecule has 2 spiro atoms. The van der Waals surface area contributed by atoms with Crippen LogP contribution in [0.4, 0.5) is 0 Å². The zero-order chi connectivity index (χ0) is 23.8. The molecule has 182 valence electrons. The third-order valence-electron chi connectivity index (χ3n) is 9.87. The van der Waals surface area contributed by atoms with Crippen molar-refractivity contribution < 1.29 is 28.9 Å². The average Bonchev–Trinajstić information content (AvgIpc) is 3.32. The van der Waals surface area contributed by atoms with Crippen LogP contribution in [0.1, 0.15) is 79.1 Å². The van der Waals surface area contributed by atoms with Crippen LogP contribution in [0.2, 0.25) is 18.1 Å². The van der Waals surface area contributed by atoms with E-state index in [-0.39, 0.29) is 23.0 Å². The lowest BCUT2D eigenvalue weighted by molar-refractivity contribution is -0.135. The summed E-state index contributed by atoms with van der Waals surface area (Å²) in [5, 5.41) is 23.4. The van der Waals surface area contributed by atoms with Gasteiger partial charge in [-0.2, -0.15) is 0 Å². The number of carbonyl (C=O) groups is 1. The van der Waals surface area contributed by atoms with Gasteiger partial charge in [0.2, 0.25) is 0 Å². The molecule has 4 aliphatic rings. The molecule has 0 radical (unpaired) electrons. The Morgan fingerprint density at radius 3 is 2.41 bits per heavy atom. The first-order valence-electron chi connectivity index (χ1n) is 12.2. The number of hydrogen-bond acceptors (Lipinski definition) is 6. The number of ether oxygens (including phenoxy) is 2. The fourth-order valence-electron chi connectivity index (χ4n) is 6.91. The molecule has 6 atom stereocenters. The predicted molar refractivity (Wildman–Crippen MR) is 125 cm³/mol. The van der Waals surface area contributed by atoms with Crippen LogP contribution in [0.3, 0.4) is 0 Å². The van der Waals surface area contributed by atoms with Gasteiger partial charge < -0.3 is 24.1 Å². The summed E-state index contributed by atoms with van der Waals surface area (Å²) >= 11 is 0. The zero-order valence-electron chi connectivity index (χ0n) is 20.9. The Kier molecular flexibility index (Phi) is 5.44. The van der Waals surface area contributed by atoms with Gasteiger partial charge in [0.25, 0.3) is 0 Å². The van der Waals surface area contributed by atoms with Gasteiger partial charge in [0, 0.05) is 17.9 Å². The molecule has 1 heterocycles. The fourth-order valence-corrected chi connectivity index (χ4v) is 8.36. The molecule has 3 aliphatic carbocycles. The van der Waals surface area contributed by atoms with Crippen molar-refractivity contribution in [2.45, 2.75) is 126 Å². The van der Waals surface area contributed by atoms with Gasteiger partial charge in [-0.05, 0) is 69.2 Å². The van der Waals surface area contributed by atoms with Crippen molar-refractivity contribution in [3.63, 3.8) is 0 Å². The Morgan fingerprint density at radius 1 is 1.09 bits per heavy atom. The molecular formula is C25H42O6Si. The van der Waals surface area contributed by atoms with Crippen molar-refractivity contribution in [2.24, 2.45) is 5.41 Å². The van der Waals surface area contributed by atoms with E-state index >= 15 is 0 Å². The lowest BCUT2D eigenvalue weighted by Gasteiger charge is -2.50. The third-order valence-corrected chi connectivity index (χ3v) is 14.4. The first-order valence-corrected chi connectivity index (χ1v) is 15.1. The molecule has 0 aromatic carbocycles. The molecular weight excluding hydrogens is 424 g/mol. The summed E-state index contributed by atoms with van der Waals surface area (Å²) in [5.74, 6) is -0.499. The maximum atomic E-state index is 12.0. The van der Waals surface area contributed by atoms with E-state index in [2.05, 4.69) is 45.5 Å². The Balaban J connectivity index is 1.61. The van der Waals surface area contributed by atoms with Crippen LogP contribution in [-0.4, -0.2) is 60.1 Å². The molecule has 2 N–H and O–H groups in total. The Labute approximate surface area is 193 Å². The standard InChI is InChI=1S/C25H42O6Si/c1-20(2,3)32(6,7)30-18-9-14-24-21(18,4)15-16-23(28)17-22(27,13-10-19(26)29-5)11-8-12-25(23,24)31-24/h10,13,18,27-28H,8-9,11-12,14-17H2,1-7H3/b13-10+/t18-,21+,22+,23-,24+,25-/m0/s1. The molecule has 32 heavy (non-hydrogen) atoms. The molecule has 0 amide bonds. The summed E-state index contributed by atoms with van der Waals surface area (Å²) in [4.78, 5) is 11.6. The lowest BCUT2D eigenvalue weighted by atomic mass is 9.56. The number of hydrogen-bond donors (Lipinski definition) is 2. The highest BCUT2D eigenvalue weighted by Gasteiger charge is 2.88. The SMILES string of the molecule is COC(=O)/C=C/[C@]1(O)CCC[C@@]23O[C@@]24CC[C@H](O[Si](C)(C)C(C)(C)C)[C@@]4(C)CC[C@]3(O)C1. The highest BCUT2D eigenvalue weighted by atomic mass is 28.4. The second-order valence-electron chi connectivity index (χ2n) is 12.6. The van der Waals surface area contributed by atoms with Crippen LogP contribution in [-0.2, 0) is 18.7 Å². The third kappa shape index (κ3) is 3.22. The molecule has 1 saturated heterocycles. The smallest absolute Gasteiger partial charge is 0.330 e. The quantitative estimate of drug-likeness (QED) is 0.279. The highest BCUT2D eigenvalue weighted by Crippen LogP contribution is 2.78. The Hall–Kier alpha value is -0.733. The maximum Gasteiger partial charge on any atom is 0.330 e.